The molecule has 6 nitrogen and oxygen atoms in total. The topological polar surface area (TPSA) is 96.3 Å². The Hall–Kier alpha value is -3.38. The second-order valence-electron chi connectivity index (χ2n) is 9.11. The molecule has 0 saturated carbocycles. The van der Waals surface area contributed by atoms with Crippen molar-refractivity contribution in [2.75, 3.05) is 18.1 Å². The first-order valence-electron chi connectivity index (χ1n) is 11.1. The lowest BCUT2D eigenvalue weighted by atomic mass is 9.91. The van der Waals surface area contributed by atoms with Gasteiger partial charge in [-0.1, -0.05) is 30.9 Å². The van der Waals surface area contributed by atoms with Crippen LogP contribution in [0.4, 0.5) is 11.6 Å². The number of rotatable bonds is 9. The average molecular weight is 447 g/mol. The second-order valence-corrected chi connectivity index (χ2v) is 9.11. The zero-order valence-corrected chi connectivity index (χ0v) is 20.2. The number of nitrogens with zero attached hydrogens (tertiary/aromatic N) is 2. The molecule has 6 heteroatoms. The van der Waals surface area contributed by atoms with E-state index >= 15 is 0 Å². The molecule has 0 aliphatic rings. The van der Waals surface area contributed by atoms with Gasteiger partial charge in [-0.3, -0.25) is 0 Å². The maximum absolute atomic E-state index is 6.36. The molecule has 3 rings (SSSR count). The van der Waals surface area contributed by atoms with Crippen molar-refractivity contribution in [3.05, 3.63) is 66.4 Å². The number of nitrogen functional groups attached to an aromatic ring is 2. The van der Waals surface area contributed by atoms with Crippen LogP contribution >= 0.6 is 0 Å². The molecule has 0 aliphatic heterocycles. The van der Waals surface area contributed by atoms with Crippen LogP contribution in [-0.2, 0) is 4.74 Å². The van der Waals surface area contributed by atoms with Crippen molar-refractivity contribution in [1.82, 2.24) is 9.97 Å². The van der Waals surface area contributed by atoms with Crippen LogP contribution in [0.3, 0.4) is 0 Å². The monoisotopic (exact) mass is 446 g/mol. The van der Waals surface area contributed by atoms with Crippen LogP contribution in [0.5, 0.6) is 5.75 Å². The molecule has 1 aromatic carbocycles. The fourth-order valence-electron chi connectivity index (χ4n) is 3.83. The van der Waals surface area contributed by atoms with E-state index < -0.39 is 11.2 Å². The van der Waals surface area contributed by atoms with Gasteiger partial charge in [-0.05, 0) is 65.0 Å². The number of aromatic nitrogens is 2. The van der Waals surface area contributed by atoms with Gasteiger partial charge >= 0.3 is 0 Å². The zero-order valence-electron chi connectivity index (χ0n) is 20.2. The van der Waals surface area contributed by atoms with Crippen LogP contribution < -0.4 is 16.2 Å². The Morgan fingerprint density at radius 3 is 2.39 bits per heavy atom. The summed E-state index contributed by atoms with van der Waals surface area (Å²) in [6.07, 6.45) is 4.47. The van der Waals surface area contributed by atoms with Crippen LogP contribution in [-0.4, -0.2) is 27.8 Å². The average Bonchev–Trinajstić information content (AvgIpc) is 2.74. The summed E-state index contributed by atoms with van der Waals surface area (Å²) in [5.74, 6) is 1.64. The summed E-state index contributed by atoms with van der Waals surface area (Å²) in [5.41, 5.74) is 14.2. The minimum atomic E-state index is -0.584. The molecule has 3 aromatic rings. The fraction of sp³-hybridized carbons (Fsp3) is 0.333. The van der Waals surface area contributed by atoms with Crippen molar-refractivity contribution < 1.29 is 9.47 Å². The normalized spacial score (nSPS) is 12.7. The molecule has 0 atom stereocenters. The van der Waals surface area contributed by atoms with Crippen LogP contribution in [0, 0.1) is 0 Å². The van der Waals surface area contributed by atoms with Gasteiger partial charge in [0.15, 0.2) is 0 Å². The van der Waals surface area contributed by atoms with Gasteiger partial charge in [0.25, 0.3) is 0 Å². The number of anilines is 2. The van der Waals surface area contributed by atoms with Crippen LogP contribution in [0.1, 0.15) is 52.3 Å². The molecule has 0 bridgehead atoms. The highest BCUT2D eigenvalue weighted by atomic mass is 16.5. The molecule has 4 N–H and O–H groups in total. The van der Waals surface area contributed by atoms with Crippen molar-refractivity contribution >= 4 is 34.2 Å². The maximum atomic E-state index is 6.36. The molecule has 0 radical (unpaired) electrons. The molecule has 174 valence electrons. The predicted molar refractivity (Wildman–Crippen MR) is 138 cm³/mol. The smallest absolute Gasteiger partial charge is 0.146 e. The highest BCUT2D eigenvalue weighted by Gasteiger charge is 2.29. The number of ether oxygens (including phenoxy) is 2. The Kier molecular flexibility index (Phi) is 7.08. The molecule has 33 heavy (non-hydrogen) atoms. The van der Waals surface area contributed by atoms with Crippen molar-refractivity contribution in [2.45, 2.75) is 52.2 Å². The summed E-state index contributed by atoms with van der Waals surface area (Å²) < 4.78 is 12.7. The van der Waals surface area contributed by atoms with Crippen LogP contribution in [0.2, 0.25) is 0 Å². The number of hydrogen-bond donors (Lipinski definition) is 2. The third kappa shape index (κ3) is 5.71. The largest absolute Gasteiger partial charge is 0.485 e. The van der Waals surface area contributed by atoms with Crippen molar-refractivity contribution in [3.8, 4) is 5.75 Å². The van der Waals surface area contributed by atoms with Gasteiger partial charge in [-0.25, -0.2) is 9.97 Å². The number of nitrogens with two attached hydrogens (primary N) is 2. The van der Waals surface area contributed by atoms with Crippen molar-refractivity contribution in [1.29, 1.82) is 0 Å². The Labute approximate surface area is 196 Å². The zero-order chi connectivity index (χ0) is 24.2. The first-order chi connectivity index (χ1) is 15.6. The first-order valence-corrected chi connectivity index (χ1v) is 11.1. The molecule has 0 amide bonds. The number of para-hydroxylation sites is 1. The number of fused-ring (bicyclic) bond motifs is 1. The van der Waals surface area contributed by atoms with Gasteiger partial charge in [0.05, 0.1) is 17.9 Å². The third-order valence-electron chi connectivity index (χ3n) is 5.62. The van der Waals surface area contributed by atoms with Crippen LogP contribution in [0.25, 0.3) is 22.6 Å². The number of hydrogen-bond acceptors (Lipinski definition) is 6. The Bertz CT molecular complexity index is 1180. The van der Waals surface area contributed by atoms with E-state index in [1.54, 1.807) is 18.2 Å². The SMILES string of the molecule is C=Cc1ccc(N)nc1/C(=C\C)C(C)(C)OCCC(C)(C)Oc1cccc2ccc(N)nc12. The molecular formula is C27H34N4O2. The number of benzene rings is 1. The molecule has 2 heterocycles. The standard InChI is InChI=1S/C27H34N4O2/c1-7-18-12-14-22(28)30-24(18)20(8-2)27(5,6)32-17-16-26(3,4)33-21-11-9-10-19-13-15-23(29)31-25(19)21/h7-15H,1,16-17H2,2-6H3,(H2,28,30)(H2,29,31)/b20-8+. The summed E-state index contributed by atoms with van der Waals surface area (Å²) >= 11 is 0. The Morgan fingerprint density at radius 1 is 1.00 bits per heavy atom. The van der Waals surface area contributed by atoms with Gasteiger partial charge in [0, 0.05) is 22.9 Å². The Balaban J connectivity index is 1.72. The van der Waals surface area contributed by atoms with E-state index in [2.05, 4.69) is 16.5 Å². The van der Waals surface area contributed by atoms with E-state index in [1.807, 2.05) is 71.0 Å². The fourth-order valence-corrected chi connectivity index (χ4v) is 3.83. The first kappa shape index (κ1) is 24.3. The van der Waals surface area contributed by atoms with Gasteiger partial charge in [0.1, 0.15) is 28.5 Å². The molecule has 0 saturated heterocycles. The van der Waals surface area contributed by atoms with E-state index in [4.69, 9.17) is 20.9 Å². The lowest BCUT2D eigenvalue weighted by Crippen LogP contribution is -2.34. The molecule has 0 spiro atoms. The lowest BCUT2D eigenvalue weighted by molar-refractivity contribution is -0.00749. The minimum absolute atomic E-state index is 0.463. The molecule has 0 fully saturated rings. The summed E-state index contributed by atoms with van der Waals surface area (Å²) in [6, 6.07) is 13.3. The maximum Gasteiger partial charge on any atom is 0.146 e. The van der Waals surface area contributed by atoms with E-state index in [0.717, 1.165) is 27.7 Å². The molecule has 0 unspecified atom stereocenters. The summed E-state index contributed by atoms with van der Waals surface area (Å²) in [7, 11) is 0. The highest BCUT2D eigenvalue weighted by Crippen LogP contribution is 2.34. The van der Waals surface area contributed by atoms with Gasteiger partial charge in [0.2, 0.25) is 0 Å². The summed E-state index contributed by atoms with van der Waals surface area (Å²) in [4.78, 5) is 9.01. The van der Waals surface area contributed by atoms with Gasteiger partial charge in [-0.15, -0.1) is 0 Å². The van der Waals surface area contributed by atoms with E-state index in [9.17, 15) is 0 Å². The summed E-state index contributed by atoms with van der Waals surface area (Å²) in [6.45, 7) is 14.5. The molecule has 2 aromatic heterocycles. The van der Waals surface area contributed by atoms with Crippen molar-refractivity contribution in [2.24, 2.45) is 0 Å². The van der Waals surface area contributed by atoms with Crippen molar-refractivity contribution in [3.63, 3.8) is 0 Å². The van der Waals surface area contributed by atoms with E-state index in [-0.39, 0.29) is 0 Å². The quantitative estimate of drug-likeness (QED) is 0.426. The number of allylic oxidation sites excluding steroid dienone is 1. The molecule has 0 aliphatic carbocycles. The van der Waals surface area contributed by atoms with E-state index in [0.29, 0.717) is 30.4 Å². The summed E-state index contributed by atoms with van der Waals surface area (Å²) in [5, 5.41) is 0.986. The van der Waals surface area contributed by atoms with Gasteiger partial charge in [-0.2, -0.15) is 0 Å². The Morgan fingerprint density at radius 2 is 1.70 bits per heavy atom. The lowest BCUT2D eigenvalue weighted by Gasteiger charge is -2.32. The van der Waals surface area contributed by atoms with Crippen LogP contribution in [0.15, 0.2) is 55.1 Å². The minimum Gasteiger partial charge on any atom is -0.485 e. The highest BCUT2D eigenvalue weighted by molar-refractivity contribution is 5.85. The third-order valence-corrected chi connectivity index (χ3v) is 5.62. The van der Waals surface area contributed by atoms with Gasteiger partial charge < -0.3 is 20.9 Å². The molecular weight excluding hydrogens is 412 g/mol. The second kappa shape index (κ2) is 9.63. The predicted octanol–water partition coefficient (Wildman–Crippen LogP) is 5.88. The number of pyridine rings is 2. The van der Waals surface area contributed by atoms with E-state index in [1.165, 1.54) is 0 Å².